The molecule has 0 radical (unpaired) electrons. The normalized spacial score (nSPS) is 12.6. The first kappa shape index (κ1) is 70.4. The van der Waals surface area contributed by atoms with Gasteiger partial charge < -0.3 is 0 Å². The molecule has 6 nitrogen and oxygen atoms in total. The summed E-state index contributed by atoms with van der Waals surface area (Å²) in [6, 6.07) is 142. The van der Waals surface area contributed by atoms with Crippen LogP contribution in [0.15, 0.2) is 400 Å². The third-order valence-electron chi connectivity index (χ3n) is 23.3. The van der Waals surface area contributed by atoms with Crippen molar-refractivity contribution < 1.29 is 0 Å². The third-order valence-corrected chi connectivity index (χ3v) is 23.3. The van der Waals surface area contributed by atoms with Crippen LogP contribution in [0.2, 0.25) is 0 Å². The van der Waals surface area contributed by atoms with Crippen molar-refractivity contribution in [3.8, 4) is 168 Å². The minimum atomic E-state index is -0.148. The number of pyridine rings is 2. The number of hydrogen-bond donors (Lipinski definition) is 0. The van der Waals surface area contributed by atoms with Gasteiger partial charge in [-0.2, -0.15) is 0 Å². The van der Waals surface area contributed by atoms with E-state index < -0.39 is 0 Å². The topological polar surface area (TPSA) is 77.3 Å². The van der Waals surface area contributed by atoms with E-state index in [4.69, 9.17) is 29.9 Å². The molecule has 21 rings (SSSR count). The molecule has 0 N–H and O–H groups in total. The van der Waals surface area contributed by atoms with Crippen LogP contribution in [-0.2, 0) is 10.8 Å². The monoisotopic (exact) mass is 1480 g/mol. The lowest BCUT2D eigenvalue weighted by molar-refractivity contribution is 0.661. The number of hydrogen-bond acceptors (Lipinski definition) is 6. The molecule has 6 heteroatoms. The van der Waals surface area contributed by atoms with Crippen LogP contribution in [0, 0.1) is 0 Å². The Morgan fingerprint density at radius 3 is 0.853 bits per heavy atom. The van der Waals surface area contributed by atoms with Gasteiger partial charge in [0.2, 0.25) is 0 Å². The molecule has 0 fully saturated rings. The Labute approximate surface area is 676 Å². The molecule has 4 aromatic heterocycles. The predicted octanol–water partition coefficient (Wildman–Crippen LogP) is 28.3. The lowest BCUT2D eigenvalue weighted by Gasteiger charge is -2.22. The highest BCUT2D eigenvalue weighted by atomic mass is 14.9. The smallest absolute Gasteiger partial charge is 0.160 e. The fraction of sp³-hybridized carbons (Fsp3) is 0.0545. The Balaban J connectivity index is 0.000000150. The SMILES string of the molecule is CC1(C)c2ccccc2-c2cc3c(-c4ccccc4)cc(-c4cc(-c5ccccc5)cc(-c5nc(-c6ccccc6)cc(-c6cccc(-c7ccccc7)c6)n5)c4)nc3cc21.CC1(C)c2ccccc2-c2cc3c(-c4ccccc4)cc(-c4cccc(-c5cccc(-c6nc(-c7ccccc7)cc(-c7ccccc7)n6)c5)c4)nc3cc21. The van der Waals surface area contributed by atoms with E-state index in [0.717, 1.165) is 145 Å². The molecule has 2 aliphatic carbocycles. The van der Waals surface area contributed by atoms with Gasteiger partial charge in [0.1, 0.15) is 0 Å². The van der Waals surface area contributed by atoms with E-state index in [1.54, 1.807) is 0 Å². The summed E-state index contributed by atoms with van der Waals surface area (Å²) in [7, 11) is 0. The number of fused-ring (bicyclic) bond motifs is 8. The van der Waals surface area contributed by atoms with Crippen LogP contribution in [-0.4, -0.2) is 29.9 Å². The fourth-order valence-electron chi connectivity index (χ4n) is 17.3. The molecule has 19 aromatic rings. The summed E-state index contributed by atoms with van der Waals surface area (Å²) in [6.07, 6.45) is 0. The maximum absolute atomic E-state index is 5.54. The summed E-state index contributed by atoms with van der Waals surface area (Å²) in [5.74, 6) is 1.35. The summed E-state index contributed by atoms with van der Waals surface area (Å²) in [5.41, 5.74) is 37.1. The van der Waals surface area contributed by atoms with Crippen LogP contribution >= 0.6 is 0 Å². The summed E-state index contributed by atoms with van der Waals surface area (Å²) in [4.78, 5) is 31.8. The van der Waals surface area contributed by atoms with Crippen molar-refractivity contribution in [2.24, 2.45) is 0 Å². The van der Waals surface area contributed by atoms with Crippen LogP contribution in [0.5, 0.6) is 0 Å². The zero-order chi connectivity index (χ0) is 77.9. The average Bonchev–Trinajstić information content (AvgIpc) is 1.56. The van der Waals surface area contributed by atoms with Gasteiger partial charge in [0.15, 0.2) is 11.6 Å². The standard InChI is InChI=1S/C58H41N3.C52H37N3/c1-58(2)51-29-16-15-28-47(51)49-34-50-48(40-22-11-5-12-23-40)35-53(59-56(50)36-52(49)58)45-31-44(39-20-9-4-10-21-39)32-46(33-45)57-60-54(41-24-13-6-14-25-41)37-55(61-57)43-27-17-26-42(30-43)38-18-7-3-8-19-38;1-52(2)45-27-13-12-26-41(45)43-30-44-42(34-16-6-3-7-17-34)31-47(53-50(44)32-46(43)52)39-24-14-22-37(28-39)38-23-15-25-40(29-38)51-54-48(35-18-8-4-9-19-35)33-49(55-51)36-20-10-5-11-21-36/h3-37H,1-2H3;3-33H,1-2H3. The molecule has 0 atom stereocenters. The second-order valence-electron chi connectivity index (χ2n) is 31.3. The van der Waals surface area contributed by atoms with E-state index in [0.29, 0.717) is 11.6 Å². The van der Waals surface area contributed by atoms with Gasteiger partial charge in [-0.15, -0.1) is 0 Å². The molecule has 0 unspecified atom stereocenters. The second-order valence-corrected chi connectivity index (χ2v) is 31.3. The Kier molecular flexibility index (Phi) is 17.9. The number of nitrogens with zero attached hydrogens (tertiary/aromatic N) is 6. The minimum absolute atomic E-state index is 0.109. The van der Waals surface area contributed by atoms with Gasteiger partial charge in [-0.1, -0.05) is 343 Å². The lowest BCUT2D eigenvalue weighted by atomic mass is 9.82. The molecule has 548 valence electrons. The third kappa shape index (κ3) is 13.2. The molecule has 0 saturated heterocycles. The Bertz CT molecular complexity index is 6910. The van der Waals surface area contributed by atoms with Crippen LogP contribution in [0.25, 0.3) is 190 Å². The second kappa shape index (κ2) is 29.4. The van der Waals surface area contributed by atoms with E-state index in [2.05, 4.69) is 386 Å². The first-order chi connectivity index (χ1) is 56.9. The zero-order valence-corrected chi connectivity index (χ0v) is 64.8. The van der Waals surface area contributed by atoms with Gasteiger partial charge in [-0.25, -0.2) is 29.9 Å². The average molecular weight is 1480 g/mol. The maximum Gasteiger partial charge on any atom is 0.160 e. The van der Waals surface area contributed by atoms with Crippen molar-refractivity contribution in [2.45, 2.75) is 38.5 Å². The number of benzene rings is 15. The molecule has 2 aliphatic rings. The van der Waals surface area contributed by atoms with Gasteiger partial charge in [0.25, 0.3) is 0 Å². The van der Waals surface area contributed by atoms with Crippen LogP contribution in [0.1, 0.15) is 49.9 Å². The molecule has 0 spiro atoms. The van der Waals surface area contributed by atoms with Crippen LogP contribution < -0.4 is 0 Å². The molecule has 15 aromatic carbocycles. The zero-order valence-electron chi connectivity index (χ0n) is 64.8. The molecule has 0 saturated carbocycles. The molecular formula is C110H78N6. The minimum Gasteiger partial charge on any atom is -0.248 e. The van der Waals surface area contributed by atoms with Crippen molar-refractivity contribution >= 4 is 21.8 Å². The fourth-order valence-corrected chi connectivity index (χ4v) is 17.3. The van der Waals surface area contributed by atoms with Gasteiger partial charge in [0.05, 0.1) is 45.2 Å². The summed E-state index contributed by atoms with van der Waals surface area (Å²) in [5, 5.41) is 2.31. The molecule has 0 bridgehead atoms. The van der Waals surface area contributed by atoms with Gasteiger partial charge in [-0.3, -0.25) is 0 Å². The Morgan fingerprint density at radius 2 is 0.431 bits per heavy atom. The number of rotatable bonds is 13. The lowest BCUT2D eigenvalue weighted by Crippen LogP contribution is -2.14. The van der Waals surface area contributed by atoms with Gasteiger partial charge in [0, 0.05) is 66.1 Å². The highest BCUT2D eigenvalue weighted by Gasteiger charge is 2.38. The quantitative estimate of drug-likeness (QED) is 0.114. The molecule has 0 aliphatic heterocycles. The molecular weight excluding hydrogens is 1410 g/mol. The maximum atomic E-state index is 5.54. The summed E-state index contributed by atoms with van der Waals surface area (Å²) >= 11 is 0. The van der Waals surface area contributed by atoms with Crippen molar-refractivity contribution in [1.29, 1.82) is 0 Å². The van der Waals surface area contributed by atoms with Crippen molar-refractivity contribution in [3.05, 3.63) is 423 Å². The van der Waals surface area contributed by atoms with E-state index in [1.807, 2.05) is 42.5 Å². The van der Waals surface area contributed by atoms with Gasteiger partial charge >= 0.3 is 0 Å². The summed E-state index contributed by atoms with van der Waals surface area (Å²) < 4.78 is 0. The van der Waals surface area contributed by atoms with Crippen LogP contribution in [0.4, 0.5) is 0 Å². The van der Waals surface area contributed by atoms with Crippen LogP contribution in [0.3, 0.4) is 0 Å². The predicted molar refractivity (Wildman–Crippen MR) is 480 cm³/mol. The van der Waals surface area contributed by atoms with E-state index >= 15 is 0 Å². The first-order valence-electron chi connectivity index (χ1n) is 39.8. The first-order valence-corrected chi connectivity index (χ1v) is 39.8. The van der Waals surface area contributed by atoms with E-state index in [-0.39, 0.29) is 10.8 Å². The van der Waals surface area contributed by atoms with Gasteiger partial charge in [-0.05, 0) is 185 Å². The molecule has 0 amide bonds. The molecule has 4 heterocycles. The van der Waals surface area contributed by atoms with E-state index in [1.165, 1.54) is 55.6 Å². The summed E-state index contributed by atoms with van der Waals surface area (Å²) in [6.45, 7) is 9.32. The van der Waals surface area contributed by atoms with Crippen molar-refractivity contribution in [2.75, 3.05) is 0 Å². The van der Waals surface area contributed by atoms with Crippen molar-refractivity contribution in [1.82, 2.24) is 29.9 Å². The Morgan fingerprint density at radius 1 is 0.155 bits per heavy atom. The Hall–Kier alpha value is -14.7. The largest absolute Gasteiger partial charge is 0.248 e. The number of aromatic nitrogens is 6. The highest BCUT2D eigenvalue weighted by molar-refractivity contribution is 6.04. The van der Waals surface area contributed by atoms with Crippen molar-refractivity contribution in [3.63, 3.8) is 0 Å². The van der Waals surface area contributed by atoms with E-state index in [9.17, 15) is 0 Å². The molecule has 116 heavy (non-hydrogen) atoms. The highest BCUT2D eigenvalue weighted by Crippen LogP contribution is 2.53.